The predicted molar refractivity (Wildman–Crippen MR) is 65.5 cm³/mol. The van der Waals surface area contributed by atoms with Crippen LogP contribution in [0.3, 0.4) is 0 Å². The number of ether oxygens (including phenoxy) is 2. The van der Waals surface area contributed by atoms with Crippen molar-refractivity contribution in [2.45, 2.75) is 6.92 Å². The Morgan fingerprint density at radius 3 is 2.68 bits per heavy atom. The highest BCUT2D eigenvalue weighted by atomic mass is 16.6. The van der Waals surface area contributed by atoms with E-state index in [2.05, 4.69) is 10.1 Å². The Bertz CT molecular complexity index is 606. The zero-order valence-corrected chi connectivity index (χ0v) is 10.7. The fourth-order valence-corrected chi connectivity index (χ4v) is 1.61. The SMILES string of the molecule is COc1ccc(Oc2c([N+](=O)[O-])c(C)nn2C)cn1. The van der Waals surface area contributed by atoms with Gasteiger partial charge in [0.25, 0.3) is 5.88 Å². The van der Waals surface area contributed by atoms with Gasteiger partial charge in [-0.2, -0.15) is 5.10 Å². The normalized spacial score (nSPS) is 10.3. The van der Waals surface area contributed by atoms with E-state index in [1.807, 2.05) is 0 Å². The number of methoxy groups -OCH3 is 1. The van der Waals surface area contributed by atoms with Gasteiger partial charge in [0.2, 0.25) is 5.88 Å². The molecule has 0 spiro atoms. The lowest BCUT2D eigenvalue weighted by molar-refractivity contribution is -0.386. The van der Waals surface area contributed by atoms with E-state index in [-0.39, 0.29) is 11.6 Å². The Balaban J connectivity index is 2.34. The number of nitro groups is 1. The number of hydrogen-bond acceptors (Lipinski definition) is 6. The summed E-state index contributed by atoms with van der Waals surface area (Å²) in [6.07, 6.45) is 1.42. The van der Waals surface area contributed by atoms with Crippen LogP contribution in [-0.2, 0) is 7.05 Å². The van der Waals surface area contributed by atoms with Crippen molar-refractivity contribution >= 4 is 5.69 Å². The Labute approximate surface area is 108 Å². The molecule has 0 saturated carbocycles. The van der Waals surface area contributed by atoms with Gasteiger partial charge < -0.3 is 9.47 Å². The minimum absolute atomic E-state index is 0.0643. The van der Waals surface area contributed by atoms with Gasteiger partial charge in [-0.25, -0.2) is 9.67 Å². The molecule has 19 heavy (non-hydrogen) atoms. The zero-order chi connectivity index (χ0) is 14.0. The number of nitrogens with zero attached hydrogens (tertiary/aromatic N) is 4. The number of pyridine rings is 1. The van der Waals surface area contributed by atoms with Crippen molar-refractivity contribution in [1.82, 2.24) is 14.8 Å². The molecule has 0 saturated heterocycles. The van der Waals surface area contributed by atoms with Gasteiger partial charge in [-0.3, -0.25) is 10.1 Å². The van der Waals surface area contributed by atoms with Gasteiger partial charge >= 0.3 is 5.69 Å². The smallest absolute Gasteiger partial charge is 0.353 e. The lowest BCUT2D eigenvalue weighted by atomic mass is 10.4. The monoisotopic (exact) mass is 264 g/mol. The molecular formula is C11H12N4O4. The van der Waals surface area contributed by atoms with E-state index in [1.54, 1.807) is 26.1 Å². The average Bonchev–Trinajstić information content (AvgIpc) is 2.65. The third kappa shape index (κ3) is 2.46. The highest BCUT2D eigenvalue weighted by molar-refractivity contribution is 5.47. The fourth-order valence-electron chi connectivity index (χ4n) is 1.61. The average molecular weight is 264 g/mol. The Morgan fingerprint density at radius 1 is 1.42 bits per heavy atom. The van der Waals surface area contributed by atoms with Crippen LogP contribution in [-0.4, -0.2) is 26.8 Å². The molecular weight excluding hydrogens is 252 g/mol. The summed E-state index contributed by atoms with van der Waals surface area (Å²) in [4.78, 5) is 14.4. The van der Waals surface area contributed by atoms with Crippen molar-refractivity contribution in [3.63, 3.8) is 0 Å². The molecule has 0 aromatic carbocycles. The van der Waals surface area contributed by atoms with Crippen molar-refractivity contribution < 1.29 is 14.4 Å². The molecule has 8 nitrogen and oxygen atoms in total. The van der Waals surface area contributed by atoms with Crippen LogP contribution in [0.25, 0.3) is 0 Å². The highest BCUT2D eigenvalue weighted by Gasteiger charge is 2.26. The van der Waals surface area contributed by atoms with Crippen LogP contribution in [0.15, 0.2) is 18.3 Å². The van der Waals surface area contributed by atoms with Gasteiger partial charge in [-0.05, 0) is 13.0 Å². The van der Waals surface area contributed by atoms with Crippen LogP contribution in [0.4, 0.5) is 5.69 Å². The fraction of sp³-hybridized carbons (Fsp3) is 0.273. The molecule has 0 unspecified atom stereocenters. The van der Waals surface area contributed by atoms with E-state index in [0.29, 0.717) is 17.3 Å². The van der Waals surface area contributed by atoms with Gasteiger partial charge in [0.15, 0.2) is 0 Å². The first-order valence-corrected chi connectivity index (χ1v) is 5.38. The molecule has 0 fully saturated rings. The van der Waals surface area contributed by atoms with Crippen LogP contribution < -0.4 is 9.47 Å². The maximum absolute atomic E-state index is 11.0. The highest BCUT2D eigenvalue weighted by Crippen LogP contribution is 2.33. The van der Waals surface area contributed by atoms with Crippen LogP contribution in [0.2, 0.25) is 0 Å². The molecule has 0 atom stereocenters. The Hall–Kier alpha value is -2.64. The van der Waals surface area contributed by atoms with E-state index >= 15 is 0 Å². The number of aromatic nitrogens is 3. The maximum Gasteiger partial charge on any atom is 0.353 e. The molecule has 2 heterocycles. The summed E-state index contributed by atoms with van der Waals surface area (Å²) in [6.45, 7) is 1.55. The second kappa shape index (κ2) is 4.92. The summed E-state index contributed by atoms with van der Waals surface area (Å²) >= 11 is 0. The molecule has 100 valence electrons. The topological polar surface area (TPSA) is 92.3 Å². The third-order valence-corrected chi connectivity index (χ3v) is 2.45. The summed E-state index contributed by atoms with van der Waals surface area (Å²) in [6, 6.07) is 3.21. The van der Waals surface area contributed by atoms with Crippen molar-refractivity contribution in [1.29, 1.82) is 0 Å². The van der Waals surface area contributed by atoms with Crippen molar-refractivity contribution in [2.24, 2.45) is 7.05 Å². The molecule has 0 aliphatic rings. The molecule has 0 aliphatic carbocycles. The van der Waals surface area contributed by atoms with Crippen molar-refractivity contribution in [3.05, 3.63) is 34.1 Å². The summed E-state index contributed by atoms with van der Waals surface area (Å²) in [7, 11) is 3.07. The summed E-state index contributed by atoms with van der Waals surface area (Å²) < 4.78 is 11.7. The molecule has 2 aromatic rings. The standard InChI is InChI=1S/C11H12N4O4/c1-7-10(15(16)17)11(14(2)13-7)19-8-4-5-9(18-3)12-6-8/h4-6H,1-3H3. The van der Waals surface area contributed by atoms with Gasteiger partial charge in [0.1, 0.15) is 11.4 Å². The molecule has 0 aliphatic heterocycles. The number of rotatable bonds is 4. The first kappa shape index (κ1) is 12.8. The van der Waals surface area contributed by atoms with Gasteiger partial charge in [-0.1, -0.05) is 0 Å². The lowest BCUT2D eigenvalue weighted by Crippen LogP contribution is -1.98. The molecule has 8 heteroatoms. The van der Waals surface area contributed by atoms with Crippen molar-refractivity contribution in [2.75, 3.05) is 7.11 Å². The van der Waals surface area contributed by atoms with Gasteiger partial charge in [-0.15, -0.1) is 0 Å². The van der Waals surface area contributed by atoms with Gasteiger partial charge in [0.05, 0.1) is 18.2 Å². The quantitative estimate of drug-likeness (QED) is 0.617. The summed E-state index contributed by atoms with van der Waals surface area (Å²) in [5.74, 6) is 0.865. The molecule has 0 N–H and O–H groups in total. The predicted octanol–water partition coefficient (Wildman–Crippen LogP) is 1.83. The van der Waals surface area contributed by atoms with E-state index in [9.17, 15) is 10.1 Å². The number of hydrogen-bond donors (Lipinski definition) is 0. The van der Waals surface area contributed by atoms with Crippen LogP contribution >= 0.6 is 0 Å². The van der Waals surface area contributed by atoms with Crippen molar-refractivity contribution in [3.8, 4) is 17.5 Å². The van der Waals surface area contributed by atoms with E-state index in [0.717, 1.165) is 0 Å². The first-order valence-electron chi connectivity index (χ1n) is 5.38. The maximum atomic E-state index is 11.0. The van der Waals surface area contributed by atoms with E-state index < -0.39 is 4.92 Å². The molecule has 2 rings (SSSR count). The molecule has 0 amide bonds. The molecule has 2 aromatic heterocycles. The third-order valence-electron chi connectivity index (χ3n) is 2.45. The second-order valence-corrected chi connectivity index (χ2v) is 3.76. The minimum Gasteiger partial charge on any atom is -0.481 e. The van der Waals surface area contributed by atoms with E-state index in [4.69, 9.17) is 9.47 Å². The number of aryl methyl sites for hydroxylation is 2. The Morgan fingerprint density at radius 2 is 2.16 bits per heavy atom. The molecule has 0 radical (unpaired) electrons. The summed E-state index contributed by atoms with van der Waals surface area (Å²) in [5, 5.41) is 15.0. The lowest BCUT2D eigenvalue weighted by Gasteiger charge is -2.05. The van der Waals surface area contributed by atoms with Gasteiger partial charge in [0, 0.05) is 13.1 Å². The summed E-state index contributed by atoms with van der Waals surface area (Å²) in [5.41, 5.74) is 0.141. The van der Waals surface area contributed by atoms with Crippen LogP contribution in [0.5, 0.6) is 17.5 Å². The largest absolute Gasteiger partial charge is 0.481 e. The second-order valence-electron chi connectivity index (χ2n) is 3.76. The molecule has 0 bridgehead atoms. The van der Waals surface area contributed by atoms with E-state index in [1.165, 1.54) is 18.0 Å². The van der Waals surface area contributed by atoms with Crippen LogP contribution in [0, 0.1) is 17.0 Å². The minimum atomic E-state index is -0.519. The Kier molecular flexibility index (Phi) is 3.32. The van der Waals surface area contributed by atoms with Crippen LogP contribution in [0.1, 0.15) is 5.69 Å². The zero-order valence-electron chi connectivity index (χ0n) is 10.7. The first-order chi connectivity index (χ1) is 9.02.